The number of fused-ring (bicyclic) bond motifs is 1. The summed E-state index contributed by atoms with van der Waals surface area (Å²) in [7, 11) is 0. The molecule has 22 heavy (non-hydrogen) atoms. The lowest BCUT2D eigenvalue weighted by molar-refractivity contribution is 0.101. The fourth-order valence-electron chi connectivity index (χ4n) is 2.17. The zero-order chi connectivity index (χ0) is 15.7. The summed E-state index contributed by atoms with van der Waals surface area (Å²) in [6, 6.07) is 10.2. The molecule has 6 heteroatoms. The lowest BCUT2D eigenvalue weighted by atomic mass is 10.1. The van der Waals surface area contributed by atoms with Crippen LogP contribution in [-0.4, -0.2) is 26.3 Å². The van der Waals surface area contributed by atoms with Crippen LogP contribution in [0.25, 0.3) is 5.65 Å². The summed E-state index contributed by atoms with van der Waals surface area (Å²) in [6.07, 6.45) is 1.76. The molecule has 2 heterocycles. The van der Waals surface area contributed by atoms with E-state index in [4.69, 9.17) is 0 Å². The minimum atomic E-state index is -0.260. The second kappa shape index (κ2) is 5.40. The summed E-state index contributed by atoms with van der Waals surface area (Å²) in [5, 5.41) is 10.7. The molecule has 1 amide bonds. The van der Waals surface area contributed by atoms with Gasteiger partial charge >= 0.3 is 0 Å². The average Bonchev–Trinajstić information content (AvgIpc) is 2.88. The number of amides is 1. The molecular weight excluding hydrogens is 280 g/mol. The van der Waals surface area contributed by atoms with E-state index in [1.807, 2.05) is 6.92 Å². The maximum Gasteiger partial charge on any atom is 0.255 e. The van der Waals surface area contributed by atoms with Crippen LogP contribution in [0.3, 0.4) is 0 Å². The molecule has 3 aromatic rings. The molecule has 0 saturated heterocycles. The molecule has 6 nitrogen and oxygen atoms in total. The summed E-state index contributed by atoms with van der Waals surface area (Å²) < 4.78 is 1.80. The van der Waals surface area contributed by atoms with Crippen molar-refractivity contribution in [1.29, 1.82) is 0 Å². The van der Waals surface area contributed by atoms with Crippen molar-refractivity contribution < 1.29 is 9.59 Å². The Kier molecular flexibility index (Phi) is 3.42. The quantitative estimate of drug-likeness (QED) is 0.753. The number of hydrogen-bond acceptors (Lipinski definition) is 4. The van der Waals surface area contributed by atoms with Crippen molar-refractivity contribution in [3.05, 3.63) is 59.5 Å². The van der Waals surface area contributed by atoms with E-state index in [1.54, 1.807) is 47.0 Å². The molecule has 1 aromatic carbocycles. The second-order valence-electron chi connectivity index (χ2n) is 4.98. The van der Waals surface area contributed by atoms with E-state index >= 15 is 0 Å². The van der Waals surface area contributed by atoms with Crippen molar-refractivity contribution in [3.8, 4) is 0 Å². The maximum absolute atomic E-state index is 12.3. The number of Topliss-reactive ketones (excluding diaryl/α,β-unsaturated/α-hetero) is 1. The predicted molar refractivity (Wildman–Crippen MR) is 82.1 cm³/mol. The molecule has 3 rings (SSSR count). The molecule has 0 fully saturated rings. The largest absolute Gasteiger partial charge is 0.322 e. The first-order valence-corrected chi connectivity index (χ1v) is 6.78. The highest BCUT2D eigenvalue weighted by Gasteiger charge is 2.10. The van der Waals surface area contributed by atoms with Gasteiger partial charge in [0.2, 0.25) is 0 Å². The van der Waals surface area contributed by atoms with Crippen molar-refractivity contribution in [2.75, 3.05) is 5.32 Å². The van der Waals surface area contributed by atoms with Gasteiger partial charge in [0.05, 0.1) is 0 Å². The van der Waals surface area contributed by atoms with Gasteiger partial charge in [-0.1, -0.05) is 12.1 Å². The molecule has 0 saturated carbocycles. The van der Waals surface area contributed by atoms with Crippen molar-refractivity contribution in [1.82, 2.24) is 14.6 Å². The first kappa shape index (κ1) is 13.9. The van der Waals surface area contributed by atoms with Gasteiger partial charge in [-0.15, -0.1) is 10.2 Å². The molecule has 0 radical (unpaired) electrons. The van der Waals surface area contributed by atoms with Gasteiger partial charge in [0, 0.05) is 23.0 Å². The zero-order valence-electron chi connectivity index (χ0n) is 12.2. The minimum Gasteiger partial charge on any atom is -0.322 e. The van der Waals surface area contributed by atoms with Gasteiger partial charge in [0.25, 0.3) is 5.91 Å². The van der Waals surface area contributed by atoms with E-state index in [1.165, 1.54) is 6.92 Å². The monoisotopic (exact) mass is 294 g/mol. The molecule has 0 aliphatic heterocycles. The Labute approximate surface area is 126 Å². The van der Waals surface area contributed by atoms with Crippen LogP contribution >= 0.6 is 0 Å². The Morgan fingerprint density at radius 3 is 2.68 bits per heavy atom. The van der Waals surface area contributed by atoms with E-state index in [2.05, 4.69) is 15.5 Å². The third-order valence-electron chi connectivity index (χ3n) is 3.37. The first-order chi connectivity index (χ1) is 10.5. The Morgan fingerprint density at radius 2 is 1.91 bits per heavy atom. The molecule has 110 valence electrons. The van der Waals surface area contributed by atoms with Crippen molar-refractivity contribution in [2.24, 2.45) is 0 Å². The van der Waals surface area contributed by atoms with Crippen LogP contribution in [-0.2, 0) is 0 Å². The second-order valence-corrected chi connectivity index (χ2v) is 4.98. The SMILES string of the molecule is CC(=O)c1cccc(NC(=O)c2ccn3c(C)nnc3c2)c1. The van der Waals surface area contributed by atoms with E-state index < -0.39 is 0 Å². The number of carbonyl (C=O) groups is 2. The van der Waals surface area contributed by atoms with Crippen LogP contribution in [0, 0.1) is 6.92 Å². The number of aryl methyl sites for hydroxylation is 1. The summed E-state index contributed by atoms with van der Waals surface area (Å²) in [6.45, 7) is 3.33. The third-order valence-corrected chi connectivity index (χ3v) is 3.37. The topological polar surface area (TPSA) is 76.4 Å². The van der Waals surface area contributed by atoms with Crippen LogP contribution in [0.4, 0.5) is 5.69 Å². The number of anilines is 1. The molecule has 0 aliphatic rings. The molecule has 0 bridgehead atoms. The number of benzene rings is 1. The molecule has 2 aromatic heterocycles. The van der Waals surface area contributed by atoms with Gasteiger partial charge in [-0.05, 0) is 38.1 Å². The fourth-order valence-corrected chi connectivity index (χ4v) is 2.17. The van der Waals surface area contributed by atoms with Crippen molar-refractivity contribution in [2.45, 2.75) is 13.8 Å². The minimum absolute atomic E-state index is 0.0450. The molecular formula is C16H14N4O2. The molecule has 1 N–H and O–H groups in total. The highest BCUT2D eigenvalue weighted by atomic mass is 16.1. The van der Waals surface area contributed by atoms with Gasteiger partial charge in [-0.3, -0.25) is 14.0 Å². The number of nitrogens with one attached hydrogen (secondary N) is 1. The lowest BCUT2D eigenvalue weighted by Crippen LogP contribution is -2.12. The highest BCUT2D eigenvalue weighted by Crippen LogP contribution is 2.14. The number of carbonyl (C=O) groups excluding carboxylic acids is 2. The van der Waals surface area contributed by atoms with E-state index in [9.17, 15) is 9.59 Å². The predicted octanol–water partition coefficient (Wildman–Crippen LogP) is 2.49. The number of ketones is 1. The summed E-state index contributed by atoms with van der Waals surface area (Å²) in [5.74, 6) is 0.455. The zero-order valence-corrected chi connectivity index (χ0v) is 12.2. The Balaban J connectivity index is 1.86. The van der Waals surface area contributed by atoms with Gasteiger partial charge < -0.3 is 5.32 Å². The Bertz CT molecular complexity index is 883. The lowest BCUT2D eigenvalue weighted by Gasteiger charge is -2.06. The van der Waals surface area contributed by atoms with E-state index in [-0.39, 0.29) is 11.7 Å². The Hall–Kier alpha value is -3.02. The van der Waals surface area contributed by atoms with Crippen LogP contribution < -0.4 is 5.32 Å². The highest BCUT2D eigenvalue weighted by molar-refractivity contribution is 6.05. The smallest absolute Gasteiger partial charge is 0.255 e. The summed E-state index contributed by atoms with van der Waals surface area (Å²) >= 11 is 0. The molecule has 0 atom stereocenters. The van der Waals surface area contributed by atoms with Gasteiger partial charge in [0.15, 0.2) is 11.4 Å². The van der Waals surface area contributed by atoms with Gasteiger partial charge in [-0.2, -0.15) is 0 Å². The van der Waals surface area contributed by atoms with Crippen LogP contribution in [0.15, 0.2) is 42.6 Å². The van der Waals surface area contributed by atoms with E-state index in [0.29, 0.717) is 22.5 Å². The third kappa shape index (κ3) is 2.58. The van der Waals surface area contributed by atoms with Gasteiger partial charge in [-0.25, -0.2) is 0 Å². The van der Waals surface area contributed by atoms with Crippen LogP contribution in [0.2, 0.25) is 0 Å². The fraction of sp³-hybridized carbons (Fsp3) is 0.125. The first-order valence-electron chi connectivity index (χ1n) is 6.78. The molecule has 0 aliphatic carbocycles. The molecule has 0 unspecified atom stereocenters. The molecule has 0 spiro atoms. The normalized spacial score (nSPS) is 10.6. The average molecular weight is 294 g/mol. The maximum atomic E-state index is 12.3. The number of hydrogen-bond donors (Lipinski definition) is 1. The number of aromatic nitrogens is 3. The van der Waals surface area contributed by atoms with Gasteiger partial charge in [0.1, 0.15) is 5.82 Å². The Morgan fingerprint density at radius 1 is 1.09 bits per heavy atom. The van der Waals surface area contributed by atoms with Crippen LogP contribution in [0.1, 0.15) is 33.5 Å². The van der Waals surface area contributed by atoms with Crippen molar-refractivity contribution >= 4 is 23.0 Å². The van der Waals surface area contributed by atoms with Crippen molar-refractivity contribution in [3.63, 3.8) is 0 Å². The summed E-state index contributed by atoms with van der Waals surface area (Å²) in [4.78, 5) is 23.7. The van der Waals surface area contributed by atoms with E-state index in [0.717, 1.165) is 5.82 Å². The summed E-state index contributed by atoms with van der Waals surface area (Å²) in [5.41, 5.74) is 2.23. The van der Waals surface area contributed by atoms with Crippen LogP contribution in [0.5, 0.6) is 0 Å². The number of nitrogens with zero attached hydrogens (tertiary/aromatic N) is 3. The number of rotatable bonds is 3. The standard InChI is InChI=1S/C16H14N4O2/c1-10(21)12-4-3-5-14(8-12)17-16(22)13-6-7-20-11(2)18-19-15(20)9-13/h3-9H,1-2H3,(H,17,22). The number of pyridine rings is 1.